The third kappa shape index (κ3) is 1.16. The summed E-state index contributed by atoms with van der Waals surface area (Å²) in [6, 6.07) is 0.575. The average Bonchev–Trinajstić information content (AvgIpc) is 2.99. The molecule has 4 heteroatoms. The van der Waals surface area contributed by atoms with Crippen molar-refractivity contribution in [2.24, 2.45) is 0 Å². The first-order valence-corrected chi connectivity index (χ1v) is 6.47. The third-order valence-electron chi connectivity index (χ3n) is 4.48. The summed E-state index contributed by atoms with van der Waals surface area (Å²) in [6.45, 7) is 2.21. The first-order chi connectivity index (χ1) is 7.92. The van der Waals surface area contributed by atoms with E-state index in [1.807, 2.05) is 0 Å². The smallest absolute Gasteiger partial charge is 0.151 e. The number of anilines is 1. The Bertz CT molecular complexity index is 405. The summed E-state index contributed by atoms with van der Waals surface area (Å²) in [5.74, 6) is 2.72. The lowest BCUT2D eigenvalue weighted by Gasteiger charge is -2.15. The van der Waals surface area contributed by atoms with Gasteiger partial charge in [-0.05, 0) is 38.1 Å². The van der Waals surface area contributed by atoms with Crippen LogP contribution in [0, 0.1) is 0 Å². The lowest BCUT2D eigenvalue weighted by Crippen LogP contribution is -2.23. The Balaban J connectivity index is 1.62. The Hall–Kier alpha value is -1.03. The molecule has 2 fully saturated rings. The molecule has 0 aromatic carbocycles. The molecule has 4 nitrogen and oxygen atoms in total. The van der Waals surface area contributed by atoms with E-state index in [1.165, 1.54) is 36.9 Å². The highest BCUT2D eigenvalue weighted by atomic mass is 15.2. The Kier molecular flexibility index (Phi) is 1.83. The largest absolute Gasteiger partial charge is 0.364 e. The highest BCUT2D eigenvalue weighted by molar-refractivity contribution is 5.54. The minimum Gasteiger partial charge on any atom is -0.364 e. The number of aromatic amines is 1. The summed E-state index contributed by atoms with van der Waals surface area (Å²) in [7, 11) is 0. The zero-order valence-electron chi connectivity index (χ0n) is 9.42. The molecule has 2 bridgehead atoms. The molecule has 0 amide bonds. The van der Waals surface area contributed by atoms with Crippen LogP contribution in [0.5, 0.6) is 0 Å². The molecule has 86 valence electrons. The molecule has 1 saturated heterocycles. The van der Waals surface area contributed by atoms with E-state index < -0.39 is 0 Å². The molecule has 3 N–H and O–H groups in total. The second-order valence-corrected chi connectivity index (χ2v) is 5.44. The molecule has 0 radical (unpaired) electrons. The summed E-state index contributed by atoms with van der Waals surface area (Å²) >= 11 is 0. The molecule has 3 atom stereocenters. The maximum Gasteiger partial charge on any atom is 0.151 e. The first-order valence-electron chi connectivity index (χ1n) is 6.47. The van der Waals surface area contributed by atoms with Crippen LogP contribution in [0.15, 0.2) is 0 Å². The minimum absolute atomic E-state index is 0.575. The van der Waals surface area contributed by atoms with Crippen molar-refractivity contribution in [1.82, 2.24) is 15.5 Å². The Labute approximate surface area is 95.2 Å². The summed E-state index contributed by atoms with van der Waals surface area (Å²) in [4.78, 5) is 0. The summed E-state index contributed by atoms with van der Waals surface area (Å²) in [5, 5.41) is 14.7. The highest BCUT2D eigenvalue weighted by Crippen LogP contribution is 2.54. The van der Waals surface area contributed by atoms with Gasteiger partial charge < -0.3 is 10.6 Å². The van der Waals surface area contributed by atoms with Crippen LogP contribution < -0.4 is 10.6 Å². The fourth-order valence-corrected chi connectivity index (χ4v) is 3.68. The molecule has 3 unspecified atom stereocenters. The lowest BCUT2D eigenvalue weighted by atomic mass is 9.97. The summed E-state index contributed by atoms with van der Waals surface area (Å²) in [6.07, 6.45) is 5.32. The third-order valence-corrected chi connectivity index (χ3v) is 4.48. The van der Waals surface area contributed by atoms with Gasteiger partial charge >= 0.3 is 0 Å². The molecule has 1 saturated carbocycles. The molecule has 4 rings (SSSR count). The van der Waals surface area contributed by atoms with E-state index in [0.29, 0.717) is 6.04 Å². The van der Waals surface area contributed by atoms with Crippen molar-refractivity contribution in [1.29, 1.82) is 0 Å². The van der Waals surface area contributed by atoms with Crippen molar-refractivity contribution in [2.75, 3.05) is 18.4 Å². The van der Waals surface area contributed by atoms with Crippen LogP contribution in [0.3, 0.4) is 0 Å². The molecular weight excluding hydrogens is 200 g/mol. The quantitative estimate of drug-likeness (QED) is 0.706. The van der Waals surface area contributed by atoms with E-state index in [4.69, 9.17) is 0 Å². The first kappa shape index (κ1) is 9.05. The van der Waals surface area contributed by atoms with Crippen LogP contribution in [-0.4, -0.2) is 29.3 Å². The molecular formula is C12H18N4. The summed E-state index contributed by atoms with van der Waals surface area (Å²) in [5.41, 5.74) is 2.95. The van der Waals surface area contributed by atoms with Gasteiger partial charge in [0.25, 0.3) is 0 Å². The van der Waals surface area contributed by atoms with Gasteiger partial charge in [-0.2, -0.15) is 5.10 Å². The van der Waals surface area contributed by atoms with E-state index >= 15 is 0 Å². The number of hydrogen-bond donors (Lipinski definition) is 3. The molecule has 16 heavy (non-hydrogen) atoms. The molecule has 1 aromatic rings. The number of fused-ring (bicyclic) bond motifs is 5. The van der Waals surface area contributed by atoms with E-state index in [0.717, 1.165) is 30.7 Å². The predicted octanol–water partition coefficient (Wildman–Crippen LogP) is 1.55. The van der Waals surface area contributed by atoms with Crippen LogP contribution in [-0.2, 0) is 0 Å². The van der Waals surface area contributed by atoms with Crippen molar-refractivity contribution in [3.63, 3.8) is 0 Å². The van der Waals surface area contributed by atoms with E-state index in [2.05, 4.69) is 20.8 Å². The van der Waals surface area contributed by atoms with Gasteiger partial charge in [0.05, 0.1) is 0 Å². The molecule has 1 aromatic heterocycles. The SMILES string of the molecule is C1CC(Nc2n[nH]c3c2C2CCC3C2)CN1. The van der Waals surface area contributed by atoms with Crippen LogP contribution in [0.1, 0.15) is 48.8 Å². The maximum atomic E-state index is 4.48. The van der Waals surface area contributed by atoms with Gasteiger partial charge in [0.2, 0.25) is 0 Å². The number of aromatic nitrogens is 2. The number of nitrogens with zero attached hydrogens (tertiary/aromatic N) is 1. The van der Waals surface area contributed by atoms with Gasteiger partial charge in [-0.25, -0.2) is 0 Å². The average molecular weight is 218 g/mol. The molecule has 2 heterocycles. The van der Waals surface area contributed by atoms with E-state index in [-0.39, 0.29) is 0 Å². The zero-order chi connectivity index (χ0) is 10.5. The van der Waals surface area contributed by atoms with Gasteiger partial charge in [-0.15, -0.1) is 0 Å². The number of hydrogen-bond acceptors (Lipinski definition) is 3. The lowest BCUT2D eigenvalue weighted by molar-refractivity contribution is 0.700. The van der Waals surface area contributed by atoms with Gasteiger partial charge in [-0.3, -0.25) is 5.10 Å². The second kappa shape index (κ2) is 3.23. The monoisotopic (exact) mass is 218 g/mol. The van der Waals surface area contributed by atoms with Crippen molar-refractivity contribution < 1.29 is 0 Å². The van der Waals surface area contributed by atoms with Gasteiger partial charge in [0.15, 0.2) is 5.82 Å². The Morgan fingerprint density at radius 1 is 1.19 bits per heavy atom. The number of nitrogens with one attached hydrogen (secondary N) is 3. The molecule has 3 aliphatic rings. The Morgan fingerprint density at radius 3 is 3.00 bits per heavy atom. The standard InChI is InChI=1S/C12H18N4/c1-2-8-5-7(1)10-11(8)15-16-12(10)14-9-3-4-13-6-9/h7-9,13H,1-6H2,(H2,14,15,16). The van der Waals surface area contributed by atoms with Crippen LogP contribution >= 0.6 is 0 Å². The summed E-state index contributed by atoms with van der Waals surface area (Å²) < 4.78 is 0. The van der Waals surface area contributed by atoms with Crippen LogP contribution in [0.25, 0.3) is 0 Å². The molecule has 2 aliphatic carbocycles. The fraction of sp³-hybridized carbons (Fsp3) is 0.750. The van der Waals surface area contributed by atoms with Gasteiger partial charge in [0, 0.05) is 29.8 Å². The number of rotatable bonds is 2. The molecule has 0 spiro atoms. The maximum absolute atomic E-state index is 4.48. The normalized spacial score (nSPS) is 35.6. The zero-order valence-corrected chi connectivity index (χ0v) is 9.42. The van der Waals surface area contributed by atoms with Gasteiger partial charge in [-0.1, -0.05) is 0 Å². The fourth-order valence-electron chi connectivity index (χ4n) is 3.68. The van der Waals surface area contributed by atoms with Crippen LogP contribution in [0.4, 0.5) is 5.82 Å². The highest BCUT2D eigenvalue weighted by Gasteiger charge is 2.41. The Morgan fingerprint density at radius 2 is 2.12 bits per heavy atom. The van der Waals surface area contributed by atoms with Crippen LogP contribution in [0.2, 0.25) is 0 Å². The predicted molar refractivity (Wildman–Crippen MR) is 62.8 cm³/mol. The molecule has 1 aliphatic heterocycles. The van der Waals surface area contributed by atoms with Gasteiger partial charge in [0.1, 0.15) is 0 Å². The minimum atomic E-state index is 0.575. The van der Waals surface area contributed by atoms with E-state index in [9.17, 15) is 0 Å². The van der Waals surface area contributed by atoms with Crippen molar-refractivity contribution >= 4 is 5.82 Å². The number of H-pyrrole nitrogens is 1. The van der Waals surface area contributed by atoms with Crippen molar-refractivity contribution in [2.45, 2.75) is 43.6 Å². The van der Waals surface area contributed by atoms with Crippen molar-refractivity contribution in [3.05, 3.63) is 11.3 Å². The topological polar surface area (TPSA) is 52.7 Å². The van der Waals surface area contributed by atoms with E-state index in [1.54, 1.807) is 0 Å². The second-order valence-electron chi connectivity index (χ2n) is 5.44. The van der Waals surface area contributed by atoms with Crippen molar-refractivity contribution in [3.8, 4) is 0 Å².